The minimum absolute atomic E-state index is 0.0801. The second-order valence-corrected chi connectivity index (χ2v) is 6.71. The van der Waals surface area contributed by atoms with Crippen molar-refractivity contribution in [3.05, 3.63) is 48.0 Å². The lowest BCUT2D eigenvalue weighted by Crippen LogP contribution is -2.33. The first kappa shape index (κ1) is 16.7. The summed E-state index contributed by atoms with van der Waals surface area (Å²) in [6.07, 6.45) is 1.28. The quantitative estimate of drug-likeness (QED) is 0.847. The van der Waals surface area contributed by atoms with E-state index in [-0.39, 0.29) is 5.91 Å². The summed E-state index contributed by atoms with van der Waals surface area (Å²) < 4.78 is 10.7. The Morgan fingerprint density at radius 1 is 1.17 bits per heavy atom. The molecule has 0 aromatic heterocycles. The van der Waals surface area contributed by atoms with Gasteiger partial charge in [-0.15, -0.1) is 11.8 Å². The van der Waals surface area contributed by atoms with Crippen LogP contribution in [-0.2, 0) is 11.2 Å². The Morgan fingerprint density at radius 3 is 2.79 bits per heavy atom. The van der Waals surface area contributed by atoms with Crippen molar-refractivity contribution in [2.75, 3.05) is 31.4 Å². The van der Waals surface area contributed by atoms with Crippen molar-refractivity contribution >= 4 is 23.4 Å². The van der Waals surface area contributed by atoms with E-state index in [1.54, 1.807) is 14.2 Å². The van der Waals surface area contributed by atoms with Crippen molar-refractivity contribution < 1.29 is 14.3 Å². The third-order valence-electron chi connectivity index (χ3n) is 4.07. The molecule has 0 bridgehead atoms. The van der Waals surface area contributed by atoms with Gasteiger partial charge in [0, 0.05) is 17.0 Å². The number of hydrogen-bond acceptors (Lipinski definition) is 4. The Hall–Kier alpha value is -2.14. The zero-order valence-electron chi connectivity index (χ0n) is 14.0. The maximum absolute atomic E-state index is 13.0. The molecule has 0 aliphatic carbocycles. The highest BCUT2D eigenvalue weighted by atomic mass is 32.2. The van der Waals surface area contributed by atoms with Crippen LogP contribution in [0, 0.1) is 0 Å². The molecule has 1 heterocycles. The van der Waals surface area contributed by atoms with E-state index < -0.39 is 0 Å². The van der Waals surface area contributed by atoms with E-state index in [9.17, 15) is 4.79 Å². The third kappa shape index (κ3) is 3.51. The van der Waals surface area contributed by atoms with Gasteiger partial charge >= 0.3 is 0 Å². The number of ether oxygens (including phenoxy) is 2. The van der Waals surface area contributed by atoms with Gasteiger partial charge in [0.2, 0.25) is 5.91 Å². The summed E-state index contributed by atoms with van der Waals surface area (Å²) in [6.45, 7) is 0.745. The van der Waals surface area contributed by atoms with E-state index in [1.165, 1.54) is 4.90 Å². The van der Waals surface area contributed by atoms with Crippen LogP contribution in [-0.4, -0.2) is 32.4 Å². The number of benzene rings is 2. The van der Waals surface area contributed by atoms with E-state index in [2.05, 4.69) is 6.07 Å². The van der Waals surface area contributed by atoms with Crippen LogP contribution in [0.3, 0.4) is 0 Å². The average molecular weight is 343 g/mol. The molecule has 0 saturated carbocycles. The fourth-order valence-electron chi connectivity index (χ4n) is 2.86. The third-order valence-corrected chi connectivity index (χ3v) is 5.22. The first-order valence-electron chi connectivity index (χ1n) is 7.96. The molecule has 126 valence electrons. The van der Waals surface area contributed by atoms with Crippen molar-refractivity contribution in [1.82, 2.24) is 0 Å². The number of anilines is 1. The van der Waals surface area contributed by atoms with Crippen LogP contribution in [0.2, 0.25) is 0 Å². The molecule has 0 spiro atoms. The number of methoxy groups -OCH3 is 2. The van der Waals surface area contributed by atoms with Gasteiger partial charge in [-0.05, 0) is 42.5 Å². The number of thioether (sulfide) groups is 1. The molecule has 1 aliphatic rings. The Bertz CT molecular complexity index is 732. The summed E-state index contributed by atoms with van der Waals surface area (Å²) in [4.78, 5) is 16.0. The highest BCUT2D eigenvalue weighted by molar-refractivity contribution is 7.99. The lowest BCUT2D eigenvalue weighted by atomic mass is 10.1. The molecule has 1 aliphatic heterocycles. The highest BCUT2D eigenvalue weighted by Crippen LogP contribution is 2.34. The number of carbonyl (C=O) groups excluding carboxylic acids is 1. The molecule has 2 aromatic carbocycles. The van der Waals surface area contributed by atoms with Gasteiger partial charge in [-0.2, -0.15) is 0 Å². The molecule has 0 fully saturated rings. The van der Waals surface area contributed by atoms with Crippen molar-refractivity contribution in [1.29, 1.82) is 0 Å². The topological polar surface area (TPSA) is 38.8 Å². The first-order chi connectivity index (χ1) is 11.7. The normalized spacial score (nSPS) is 13.8. The number of hydrogen-bond donors (Lipinski definition) is 0. The molecule has 24 heavy (non-hydrogen) atoms. The van der Waals surface area contributed by atoms with Crippen molar-refractivity contribution in [2.45, 2.75) is 17.7 Å². The Labute approximate surface area is 146 Å². The first-order valence-corrected chi connectivity index (χ1v) is 8.94. The molecule has 0 saturated heterocycles. The van der Waals surface area contributed by atoms with Gasteiger partial charge in [-0.3, -0.25) is 4.79 Å². The van der Waals surface area contributed by atoms with Crippen LogP contribution in [0.25, 0.3) is 0 Å². The maximum Gasteiger partial charge on any atom is 0.231 e. The predicted molar refractivity (Wildman–Crippen MR) is 97.4 cm³/mol. The number of nitrogens with zero attached hydrogens (tertiary/aromatic N) is 1. The zero-order chi connectivity index (χ0) is 16.9. The van der Waals surface area contributed by atoms with Crippen molar-refractivity contribution in [3.63, 3.8) is 0 Å². The van der Waals surface area contributed by atoms with Crippen LogP contribution >= 0.6 is 11.8 Å². The lowest BCUT2D eigenvalue weighted by Gasteiger charge is -2.23. The molecule has 4 nitrogen and oxygen atoms in total. The SMILES string of the molecule is COc1ccc(OC)c(CC(=O)N2CCCSc3ccccc32)c1. The summed E-state index contributed by atoms with van der Waals surface area (Å²) in [6, 6.07) is 13.7. The van der Waals surface area contributed by atoms with E-state index in [1.807, 2.05) is 53.1 Å². The molecule has 0 N–H and O–H groups in total. The van der Waals surface area contributed by atoms with Gasteiger partial charge < -0.3 is 14.4 Å². The number of rotatable bonds is 4. The van der Waals surface area contributed by atoms with E-state index in [0.717, 1.165) is 35.7 Å². The Morgan fingerprint density at radius 2 is 2.00 bits per heavy atom. The molecule has 1 amide bonds. The van der Waals surface area contributed by atoms with Crippen LogP contribution < -0.4 is 14.4 Å². The van der Waals surface area contributed by atoms with E-state index >= 15 is 0 Å². The molecule has 5 heteroatoms. The summed E-state index contributed by atoms with van der Waals surface area (Å²) in [5.74, 6) is 2.55. The van der Waals surface area contributed by atoms with Gasteiger partial charge in [0.05, 0.1) is 26.3 Å². The minimum Gasteiger partial charge on any atom is -0.497 e. The standard InChI is InChI=1S/C19H21NO3S/c1-22-15-8-9-17(23-2)14(12-15)13-19(21)20-10-5-11-24-18-7-4-3-6-16(18)20/h3-4,6-9,12H,5,10-11,13H2,1-2H3. The highest BCUT2D eigenvalue weighted by Gasteiger charge is 2.22. The molecule has 3 rings (SSSR count). The average Bonchev–Trinajstić information content (AvgIpc) is 2.84. The van der Waals surface area contributed by atoms with Crippen molar-refractivity contribution in [3.8, 4) is 11.5 Å². The summed E-state index contributed by atoms with van der Waals surface area (Å²) in [5, 5.41) is 0. The van der Waals surface area contributed by atoms with Gasteiger partial charge in [-0.1, -0.05) is 12.1 Å². The predicted octanol–water partition coefficient (Wildman–Crippen LogP) is 3.78. The van der Waals surface area contributed by atoms with Gasteiger partial charge in [0.15, 0.2) is 0 Å². The second-order valence-electron chi connectivity index (χ2n) is 5.57. The largest absolute Gasteiger partial charge is 0.497 e. The smallest absolute Gasteiger partial charge is 0.231 e. The van der Waals surface area contributed by atoms with E-state index in [0.29, 0.717) is 12.2 Å². The van der Waals surface area contributed by atoms with Gasteiger partial charge in [0.1, 0.15) is 11.5 Å². The monoisotopic (exact) mass is 343 g/mol. The lowest BCUT2D eigenvalue weighted by molar-refractivity contribution is -0.118. The van der Waals surface area contributed by atoms with Gasteiger partial charge in [-0.25, -0.2) is 0 Å². The number of amides is 1. The Kier molecular flexibility index (Phi) is 5.30. The molecular formula is C19H21NO3S. The number of para-hydroxylation sites is 1. The number of fused-ring (bicyclic) bond motifs is 1. The van der Waals surface area contributed by atoms with E-state index in [4.69, 9.17) is 9.47 Å². The van der Waals surface area contributed by atoms with Crippen LogP contribution in [0.5, 0.6) is 11.5 Å². The van der Waals surface area contributed by atoms with Gasteiger partial charge in [0.25, 0.3) is 0 Å². The second kappa shape index (κ2) is 7.62. The summed E-state index contributed by atoms with van der Waals surface area (Å²) in [7, 11) is 3.24. The van der Waals surface area contributed by atoms with Crippen molar-refractivity contribution in [2.24, 2.45) is 0 Å². The molecule has 0 atom stereocenters. The number of carbonyl (C=O) groups is 1. The molecule has 2 aromatic rings. The summed E-state index contributed by atoms with van der Waals surface area (Å²) >= 11 is 1.81. The summed E-state index contributed by atoms with van der Waals surface area (Å²) in [5.41, 5.74) is 1.85. The fraction of sp³-hybridized carbons (Fsp3) is 0.316. The fourth-order valence-corrected chi connectivity index (χ4v) is 3.86. The molecule has 0 radical (unpaired) electrons. The minimum atomic E-state index is 0.0801. The maximum atomic E-state index is 13.0. The molecular weight excluding hydrogens is 322 g/mol. The van der Waals surface area contributed by atoms with Crippen LogP contribution in [0.4, 0.5) is 5.69 Å². The molecule has 0 unspecified atom stereocenters. The van der Waals surface area contributed by atoms with Crippen LogP contribution in [0.15, 0.2) is 47.4 Å². The Balaban J connectivity index is 1.87. The van der Waals surface area contributed by atoms with Crippen LogP contribution in [0.1, 0.15) is 12.0 Å². The zero-order valence-corrected chi connectivity index (χ0v) is 14.8.